The molecular formula is C19H29IN6O2S. The van der Waals surface area contributed by atoms with Crippen molar-refractivity contribution >= 4 is 47.2 Å². The van der Waals surface area contributed by atoms with Crippen LogP contribution in [0.15, 0.2) is 22.5 Å². The summed E-state index contributed by atoms with van der Waals surface area (Å²) in [5.74, 6) is 2.44. The van der Waals surface area contributed by atoms with Crippen molar-refractivity contribution in [1.82, 2.24) is 25.0 Å². The third kappa shape index (κ3) is 6.39. The van der Waals surface area contributed by atoms with Gasteiger partial charge in [-0.25, -0.2) is 4.99 Å². The zero-order chi connectivity index (χ0) is 19.9. The maximum atomic E-state index is 12.0. The minimum absolute atomic E-state index is 0. The first kappa shape index (κ1) is 23.6. The number of thiophene rings is 1. The molecule has 160 valence electrons. The molecule has 0 radical (unpaired) electrons. The zero-order valence-electron chi connectivity index (χ0n) is 17.1. The van der Waals surface area contributed by atoms with E-state index in [9.17, 15) is 4.79 Å². The summed E-state index contributed by atoms with van der Waals surface area (Å²) < 4.78 is 7.13. The number of esters is 1. The quantitative estimate of drug-likeness (QED) is 0.267. The lowest BCUT2D eigenvalue weighted by Crippen LogP contribution is -2.46. The number of rotatable bonds is 6. The van der Waals surface area contributed by atoms with Crippen molar-refractivity contribution in [3.05, 3.63) is 34.0 Å². The Labute approximate surface area is 192 Å². The fraction of sp³-hybridized carbons (Fsp3) is 0.579. The number of aliphatic imine (C=N–C) groups is 1. The Bertz CT molecular complexity index is 800. The van der Waals surface area contributed by atoms with Crippen molar-refractivity contribution in [2.75, 3.05) is 19.7 Å². The van der Waals surface area contributed by atoms with Gasteiger partial charge in [-0.15, -0.1) is 45.5 Å². The molecule has 2 aromatic heterocycles. The molecule has 3 heterocycles. The van der Waals surface area contributed by atoms with Crippen molar-refractivity contribution in [2.45, 2.75) is 39.8 Å². The standard InChI is InChI=1S/C19H28N6O2S.HI/c1-4-27-18(26)15-7-9-25(10-8-15)19(20-12-16-6-5-11-28-16)21-13-17-23-22-14(2)24(17)3;/h5-6,11,15H,4,7-10,12-13H2,1-3H3,(H,20,21);1H. The molecule has 0 spiro atoms. The second-order valence-corrected chi connectivity index (χ2v) is 7.84. The number of likely N-dealkylation sites (tertiary alicyclic amines) is 1. The van der Waals surface area contributed by atoms with Crippen LogP contribution in [0.4, 0.5) is 0 Å². The zero-order valence-corrected chi connectivity index (χ0v) is 20.3. The minimum Gasteiger partial charge on any atom is -0.466 e. The molecule has 0 saturated carbocycles. The van der Waals surface area contributed by atoms with E-state index in [1.807, 2.05) is 31.5 Å². The maximum Gasteiger partial charge on any atom is 0.309 e. The third-order valence-electron chi connectivity index (χ3n) is 4.97. The number of aromatic nitrogens is 3. The monoisotopic (exact) mass is 532 g/mol. The average Bonchev–Trinajstić information content (AvgIpc) is 3.33. The van der Waals surface area contributed by atoms with Gasteiger partial charge >= 0.3 is 5.97 Å². The highest BCUT2D eigenvalue weighted by Gasteiger charge is 2.27. The molecule has 1 N–H and O–H groups in total. The van der Waals surface area contributed by atoms with E-state index < -0.39 is 0 Å². The number of carbonyl (C=O) groups is 1. The highest BCUT2D eigenvalue weighted by molar-refractivity contribution is 14.0. The fourth-order valence-corrected chi connectivity index (χ4v) is 3.81. The largest absolute Gasteiger partial charge is 0.466 e. The number of nitrogens with zero attached hydrogens (tertiary/aromatic N) is 5. The summed E-state index contributed by atoms with van der Waals surface area (Å²) >= 11 is 1.72. The van der Waals surface area contributed by atoms with Crippen LogP contribution >= 0.6 is 35.3 Å². The Morgan fingerprint density at radius 1 is 1.38 bits per heavy atom. The number of ether oxygens (including phenoxy) is 1. The van der Waals surface area contributed by atoms with Crippen molar-refractivity contribution in [3.63, 3.8) is 0 Å². The summed E-state index contributed by atoms with van der Waals surface area (Å²) in [5.41, 5.74) is 0. The molecule has 8 nitrogen and oxygen atoms in total. The third-order valence-corrected chi connectivity index (χ3v) is 5.84. The predicted octanol–water partition coefficient (Wildman–Crippen LogP) is 2.72. The Morgan fingerprint density at radius 3 is 2.72 bits per heavy atom. The highest BCUT2D eigenvalue weighted by atomic mass is 127. The molecular weight excluding hydrogens is 503 g/mol. The molecule has 1 aliphatic rings. The molecule has 0 atom stereocenters. The van der Waals surface area contributed by atoms with Crippen molar-refractivity contribution in [3.8, 4) is 0 Å². The number of hydrogen-bond donors (Lipinski definition) is 1. The lowest BCUT2D eigenvalue weighted by Gasteiger charge is -2.33. The first-order valence-corrected chi connectivity index (χ1v) is 10.5. The second-order valence-electron chi connectivity index (χ2n) is 6.81. The molecule has 1 saturated heterocycles. The number of halogens is 1. The molecule has 1 fully saturated rings. The van der Waals surface area contributed by atoms with Crippen LogP contribution in [0.1, 0.15) is 36.3 Å². The van der Waals surface area contributed by atoms with Crippen LogP contribution in [-0.4, -0.2) is 51.3 Å². The smallest absolute Gasteiger partial charge is 0.309 e. The topological polar surface area (TPSA) is 84.6 Å². The SMILES string of the molecule is CCOC(=O)C1CCN(C(=NCc2nnc(C)n2C)NCc2cccs2)CC1.I. The van der Waals surface area contributed by atoms with Gasteiger partial charge in [0.25, 0.3) is 0 Å². The molecule has 10 heteroatoms. The lowest BCUT2D eigenvalue weighted by molar-refractivity contribution is -0.149. The van der Waals surface area contributed by atoms with Crippen LogP contribution in [0.5, 0.6) is 0 Å². The van der Waals surface area contributed by atoms with Crippen molar-refractivity contribution < 1.29 is 9.53 Å². The molecule has 0 amide bonds. The Kier molecular flexibility index (Phi) is 9.34. The Morgan fingerprint density at radius 2 is 2.14 bits per heavy atom. The number of carbonyl (C=O) groups excluding carboxylic acids is 1. The van der Waals surface area contributed by atoms with Gasteiger partial charge in [-0.05, 0) is 38.1 Å². The summed E-state index contributed by atoms with van der Waals surface area (Å²) in [6.45, 7) is 6.95. The average molecular weight is 532 g/mol. The fourth-order valence-electron chi connectivity index (χ4n) is 3.17. The van der Waals surface area contributed by atoms with Crippen LogP contribution in [0, 0.1) is 12.8 Å². The van der Waals surface area contributed by atoms with Gasteiger partial charge in [0.2, 0.25) is 0 Å². The predicted molar refractivity (Wildman–Crippen MR) is 124 cm³/mol. The van der Waals surface area contributed by atoms with E-state index in [0.717, 1.165) is 50.1 Å². The summed E-state index contributed by atoms with van der Waals surface area (Å²) in [6.07, 6.45) is 1.56. The molecule has 0 aromatic carbocycles. The van der Waals surface area contributed by atoms with E-state index in [0.29, 0.717) is 13.2 Å². The normalized spacial score (nSPS) is 15.1. The molecule has 29 heavy (non-hydrogen) atoms. The van der Waals surface area contributed by atoms with Gasteiger partial charge in [0.1, 0.15) is 12.4 Å². The highest BCUT2D eigenvalue weighted by Crippen LogP contribution is 2.19. The van der Waals surface area contributed by atoms with Gasteiger partial charge in [-0.1, -0.05) is 6.07 Å². The number of aryl methyl sites for hydroxylation is 1. The Balaban J connectivity index is 0.00000300. The molecule has 0 unspecified atom stereocenters. The van der Waals surface area contributed by atoms with Crippen LogP contribution in [0.2, 0.25) is 0 Å². The minimum atomic E-state index is -0.0817. The van der Waals surface area contributed by atoms with Gasteiger partial charge in [-0.2, -0.15) is 0 Å². The summed E-state index contributed by atoms with van der Waals surface area (Å²) in [5, 5.41) is 13.8. The summed E-state index contributed by atoms with van der Waals surface area (Å²) in [7, 11) is 1.95. The van der Waals surface area contributed by atoms with Gasteiger partial charge in [0.15, 0.2) is 11.8 Å². The van der Waals surface area contributed by atoms with E-state index in [2.05, 4.69) is 31.9 Å². The van der Waals surface area contributed by atoms with E-state index in [1.165, 1.54) is 4.88 Å². The molecule has 0 aliphatic carbocycles. The number of piperidine rings is 1. The van der Waals surface area contributed by atoms with Crippen molar-refractivity contribution in [1.29, 1.82) is 0 Å². The van der Waals surface area contributed by atoms with Gasteiger partial charge < -0.3 is 19.5 Å². The number of guanidine groups is 1. The van der Waals surface area contributed by atoms with Crippen LogP contribution in [0.25, 0.3) is 0 Å². The number of nitrogens with one attached hydrogen (secondary N) is 1. The lowest BCUT2D eigenvalue weighted by atomic mass is 9.97. The van der Waals surface area contributed by atoms with Crippen LogP contribution in [-0.2, 0) is 29.7 Å². The van der Waals surface area contributed by atoms with Gasteiger partial charge in [0, 0.05) is 25.0 Å². The maximum absolute atomic E-state index is 12.0. The molecule has 3 rings (SSSR count). The van der Waals surface area contributed by atoms with E-state index in [-0.39, 0.29) is 35.9 Å². The summed E-state index contributed by atoms with van der Waals surface area (Å²) in [6, 6.07) is 4.15. The molecule has 1 aliphatic heterocycles. The number of hydrogen-bond acceptors (Lipinski definition) is 6. The van der Waals surface area contributed by atoms with Crippen LogP contribution < -0.4 is 5.32 Å². The van der Waals surface area contributed by atoms with E-state index in [4.69, 9.17) is 9.73 Å². The first-order valence-electron chi connectivity index (χ1n) is 9.65. The van der Waals surface area contributed by atoms with Crippen LogP contribution in [0.3, 0.4) is 0 Å². The van der Waals surface area contributed by atoms with Gasteiger partial charge in [0.05, 0.1) is 19.1 Å². The summed E-state index contributed by atoms with van der Waals surface area (Å²) in [4.78, 5) is 20.3. The van der Waals surface area contributed by atoms with Crippen molar-refractivity contribution in [2.24, 2.45) is 18.0 Å². The molecule has 2 aromatic rings. The second kappa shape index (κ2) is 11.5. The first-order chi connectivity index (χ1) is 13.6. The molecule has 0 bridgehead atoms. The van der Waals surface area contributed by atoms with Gasteiger partial charge in [-0.3, -0.25) is 4.79 Å². The van der Waals surface area contributed by atoms with E-state index in [1.54, 1.807) is 11.3 Å². The Hall–Kier alpha value is -1.69. The van der Waals surface area contributed by atoms with E-state index >= 15 is 0 Å².